The molecule has 2 heterocycles. The number of piperidine rings is 1. The van der Waals surface area contributed by atoms with E-state index in [1.807, 2.05) is 0 Å². The summed E-state index contributed by atoms with van der Waals surface area (Å²) in [4.78, 5) is 15.7. The summed E-state index contributed by atoms with van der Waals surface area (Å²) in [6.45, 7) is 7.69. The van der Waals surface area contributed by atoms with Gasteiger partial charge >= 0.3 is 0 Å². The van der Waals surface area contributed by atoms with Crippen molar-refractivity contribution in [2.45, 2.75) is 44.4 Å². The van der Waals surface area contributed by atoms with Crippen LogP contribution in [0.15, 0.2) is 66.2 Å². The number of nitrogens with one attached hydrogen (secondary N) is 1. The molecule has 1 spiro atoms. The Morgan fingerprint density at radius 3 is 2.32 bits per heavy atom. The summed E-state index contributed by atoms with van der Waals surface area (Å²) < 4.78 is 5.65. The molecule has 0 bridgehead atoms. The van der Waals surface area contributed by atoms with E-state index in [0.717, 1.165) is 71.5 Å². The number of carbonyl (C=O) groups excluding carboxylic acids is 1. The molecule has 34 heavy (non-hydrogen) atoms. The Morgan fingerprint density at radius 2 is 1.65 bits per heavy atom. The second-order valence-electron chi connectivity index (χ2n) is 10.8. The third kappa shape index (κ3) is 5.13. The number of rotatable bonds is 7. The highest BCUT2D eigenvalue weighted by Gasteiger charge is 2.58. The van der Waals surface area contributed by atoms with E-state index >= 15 is 0 Å². The van der Waals surface area contributed by atoms with E-state index in [2.05, 4.69) is 83.9 Å². The predicted molar refractivity (Wildman–Crippen MR) is 137 cm³/mol. The molecule has 1 saturated carbocycles. The summed E-state index contributed by atoms with van der Waals surface area (Å²) in [7, 11) is 0. The molecule has 1 atom stereocenters. The molecular weight excluding hydrogens is 420 g/mol. The van der Waals surface area contributed by atoms with Crippen molar-refractivity contribution in [2.75, 3.05) is 39.4 Å². The number of likely N-dealkylation sites (tertiary alicyclic amines) is 1. The smallest absolute Gasteiger partial charge is 0.223 e. The fourth-order valence-corrected chi connectivity index (χ4v) is 6.16. The normalized spacial score (nSPS) is 24.0. The lowest BCUT2D eigenvalue weighted by molar-refractivity contribution is -0.123. The molecule has 1 aliphatic carbocycles. The van der Waals surface area contributed by atoms with Crippen LogP contribution in [-0.2, 0) is 14.9 Å². The second kappa shape index (κ2) is 10.1. The summed E-state index contributed by atoms with van der Waals surface area (Å²) in [5.41, 5.74) is 4.24. The van der Waals surface area contributed by atoms with Crippen LogP contribution < -0.4 is 5.32 Å². The average molecular weight is 459 g/mol. The van der Waals surface area contributed by atoms with E-state index in [1.54, 1.807) is 0 Å². The largest absolute Gasteiger partial charge is 0.381 e. The van der Waals surface area contributed by atoms with Gasteiger partial charge in [0.1, 0.15) is 0 Å². The molecule has 5 rings (SSSR count). The number of nitrogens with zero attached hydrogens (tertiary/aromatic N) is 1. The Kier molecular flexibility index (Phi) is 6.89. The third-order valence-corrected chi connectivity index (χ3v) is 8.48. The Morgan fingerprint density at radius 1 is 1.00 bits per heavy atom. The topological polar surface area (TPSA) is 41.6 Å². The zero-order valence-corrected chi connectivity index (χ0v) is 20.5. The Labute approximate surface area is 204 Å². The number of ether oxygens (including phenoxy) is 1. The molecule has 2 aromatic carbocycles. The molecule has 4 nitrogen and oxygen atoms in total. The van der Waals surface area contributed by atoms with Gasteiger partial charge in [-0.3, -0.25) is 9.69 Å². The number of carbonyl (C=O) groups is 1. The first-order chi connectivity index (χ1) is 16.6. The summed E-state index contributed by atoms with van der Waals surface area (Å²) in [5.74, 6) is 0.471. The van der Waals surface area contributed by atoms with Crippen LogP contribution >= 0.6 is 0 Å². The van der Waals surface area contributed by atoms with Gasteiger partial charge in [-0.1, -0.05) is 72.3 Å². The van der Waals surface area contributed by atoms with Crippen LogP contribution in [0.2, 0.25) is 0 Å². The van der Waals surface area contributed by atoms with Crippen LogP contribution in [0, 0.1) is 11.3 Å². The van der Waals surface area contributed by atoms with E-state index in [-0.39, 0.29) is 22.7 Å². The zero-order valence-electron chi connectivity index (χ0n) is 20.5. The molecule has 0 radical (unpaired) electrons. The van der Waals surface area contributed by atoms with Crippen molar-refractivity contribution in [3.8, 4) is 0 Å². The van der Waals surface area contributed by atoms with Gasteiger partial charge in [0.25, 0.3) is 0 Å². The maximum Gasteiger partial charge on any atom is 0.223 e. The molecule has 0 aromatic heterocycles. The highest BCUT2D eigenvalue weighted by molar-refractivity contribution is 5.82. The lowest BCUT2D eigenvalue weighted by Gasteiger charge is -2.38. The van der Waals surface area contributed by atoms with Gasteiger partial charge in [0.2, 0.25) is 5.91 Å². The van der Waals surface area contributed by atoms with Gasteiger partial charge in [0.05, 0.1) is 0 Å². The first kappa shape index (κ1) is 23.3. The van der Waals surface area contributed by atoms with E-state index in [9.17, 15) is 4.79 Å². The third-order valence-electron chi connectivity index (χ3n) is 8.48. The van der Waals surface area contributed by atoms with Crippen LogP contribution in [0.3, 0.4) is 0 Å². The van der Waals surface area contributed by atoms with Crippen molar-refractivity contribution in [3.05, 3.63) is 77.4 Å². The van der Waals surface area contributed by atoms with Crippen LogP contribution in [0.25, 0.3) is 6.08 Å². The van der Waals surface area contributed by atoms with Crippen LogP contribution in [-0.4, -0.2) is 50.2 Å². The summed E-state index contributed by atoms with van der Waals surface area (Å²) in [5, 5.41) is 3.38. The number of hydrogen-bond donors (Lipinski definition) is 1. The fraction of sp³-hybridized carbons (Fsp3) is 0.500. The minimum Gasteiger partial charge on any atom is -0.381 e. The summed E-state index contributed by atoms with van der Waals surface area (Å²) in [6.07, 6.45) is 7.57. The summed E-state index contributed by atoms with van der Waals surface area (Å²) in [6, 6.07) is 21.2. The van der Waals surface area contributed by atoms with Gasteiger partial charge in [0.15, 0.2) is 0 Å². The Balaban J connectivity index is 1.12. The van der Waals surface area contributed by atoms with Crippen molar-refractivity contribution in [1.82, 2.24) is 10.2 Å². The van der Waals surface area contributed by atoms with Crippen molar-refractivity contribution in [1.29, 1.82) is 0 Å². The van der Waals surface area contributed by atoms with Crippen molar-refractivity contribution >= 4 is 12.0 Å². The highest BCUT2D eigenvalue weighted by Crippen LogP contribution is 2.59. The van der Waals surface area contributed by atoms with E-state index in [0.29, 0.717) is 0 Å². The first-order valence-electron chi connectivity index (χ1n) is 12.9. The molecule has 4 heteroatoms. The average Bonchev–Trinajstić information content (AvgIpc) is 3.59. The molecular formula is C30H38N2O2. The standard InChI is InChI=1S/C30H38N2O2/c1-24(20-25-8-4-2-5-9-25)22-32-16-12-29(13-17-32)21-27(29)28(33)31-23-30(14-18-34-19-15-30)26-10-6-3-7-11-26/h2-11,20,27H,12-19,21-23H2,1H3,(H,31,33). The minimum atomic E-state index is 0.00318. The van der Waals surface area contributed by atoms with Gasteiger partial charge in [-0.15, -0.1) is 0 Å². The predicted octanol–water partition coefficient (Wildman–Crippen LogP) is 5.06. The molecule has 2 aromatic rings. The lowest BCUT2D eigenvalue weighted by Crippen LogP contribution is -2.45. The number of benzene rings is 2. The van der Waals surface area contributed by atoms with E-state index in [1.165, 1.54) is 16.7 Å². The van der Waals surface area contributed by atoms with Gasteiger partial charge in [-0.05, 0) is 68.7 Å². The zero-order chi connectivity index (χ0) is 23.4. The Bertz CT molecular complexity index is 987. The van der Waals surface area contributed by atoms with Crippen LogP contribution in [0.5, 0.6) is 0 Å². The monoisotopic (exact) mass is 458 g/mol. The SMILES string of the molecule is CC(=Cc1ccccc1)CN1CCC2(CC1)CC2C(=O)NCC1(c2ccccc2)CCOCC1. The molecule has 2 aliphatic heterocycles. The summed E-state index contributed by atoms with van der Waals surface area (Å²) >= 11 is 0. The second-order valence-corrected chi connectivity index (χ2v) is 10.8. The molecule has 3 fully saturated rings. The van der Waals surface area contributed by atoms with Gasteiger partial charge in [-0.2, -0.15) is 0 Å². The molecule has 3 aliphatic rings. The minimum absolute atomic E-state index is 0.00318. The Hall–Kier alpha value is -2.43. The molecule has 2 saturated heterocycles. The quantitative estimate of drug-likeness (QED) is 0.631. The van der Waals surface area contributed by atoms with Crippen molar-refractivity contribution < 1.29 is 9.53 Å². The molecule has 1 amide bonds. The lowest BCUT2D eigenvalue weighted by atomic mass is 9.74. The van der Waals surface area contributed by atoms with Crippen LogP contribution in [0.4, 0.5) is 0 Å². The van der Waals surface area contributed by atoms with Crippen LogP contribution in [0.1, 0.15) is 50.2 Å². The van der Waals surface area contributed by atoms with E-state index < -0.39 is 0 Å². The molecule has 1 unspecified atom stereocenters. The van der Waals surface area contributed by atoms with E-state index in [4.69, 9.17) is 4.74 Å². The highest BCUT2D eigenvalue weighted by atomic mass is 16.5. The van der Waals surface area contributed by atoms with Gasteiger partial charge < -0.3 is 10.1 Å². The van der Waals surface area contributed by atoms with Gasteiger partial charge in [0, 0.05) is 37.6 Å². The first-order valence-corrected chi connectivity index (χ1v) is 12.9. The van der Waals surface area contributed by atoms with Crippen molar-refractivity contribution in [2.24, 2.45) is 11.3 Å². The fourth-order valence-electron chi connectivity index (χ4n) is 6.16. The molecule has 180 valence electrons. The maximum absolute atomic E-state index is 13.2. The maximum atomic E-state index is 13.2. The van der Waals surface area contributed by atoms with Gasteiger partial charge in [-0.25, -0.2) is 0 Å². The van der Waals surface area contributed by atoms with Crippen molar-refractivity contribution in [3.63, 3.8) is 0 Å². The number of amides is 1. The number of hydrogen-bond acceptors (Lipinski definition) is 3. The molecule has 1 N–H and O–H groups in total.